The molecule has 0 atom stereocenters. The van der Waals surface area contributed by atoms with E-state index in [2.05, 4.69) is 25.4 Å². The van der Waals surface area contributed by atoms with Crippen LogP contribution < -0.4 is 5.32 Å². The van der Waals surface area contributed by atoms with Gasteiger partial charge in [0.15, 0.2) is 12.3 Å². The van der Waals surface area contributed by atoms with Crippen molar-refractivity contribution >= 4 is 29.2 Å². The molecule has 0 unspecified atom stereocenters. The lowest BCUT2D eigenvalue weighted by Crippen LogP contribution is -2.22. The standard InChI is InChI=1S/C15H11ClN6O3/c16-10-1-2-13(22-9-18-8-20-22)11(5-10)21-14(23)7-25-15(24)12-6-17-3-4-19-12/h1-6,8-9H,7H2,(H,21,23). The van der Waals surface area contributed by atoms with Gasteiger partial charge in [0.25, 0.3) is 5.91 Å². The van der Waals surface area contributed by atoms with Crippen molar-refractivity contribution < 1.29 is 14.3 Å². The van der Waals surface area contributed by atoms with Gasteiger partial charge < -0.3 is 10.1 Å². The van der Waals surface area contributed by atoms with E-state index in [-0.39, 0.29) is 5.69 Å². The van der Waals surface area contributed by atoms with Crippen LogP contribution in [0.15, 0.2) is 49.4 Å². The summed E-state index contributed by atoms with van der Waals surface area (Å²) in [7, 11) is 0. The average molecular weight is 359 g/mol. The molecule has 0 bridgehead atoms. The summed E-state index contributed by atoms with van der Waals surface area (Å²) < 4.78 is 6.37. The van der Waals surface area contributed by atoms with Crippen LogP contribution in [0.3, 0.4) is 0 Å². The molecule has 0 aliphatic heterocycles. The maximum atomic E-state index is 12.1. The van der Waals surface area contributed by atoms with Crippen LogP contribution in [-0.2, 0) is 9.53 Å². The third kappa shape index (κ3) is 4.15. The molecule has 3 aromatic rings. The van der Waals surface area contributed by atoms with Crippen LogP contribution in [0.5, 0.6) is 0 Å². The average Bonchev–Trinajstić information content (AvgIpc) is 3.15. The highest BCUT2D eigenvalue weighted by Gasteiger charge is 2.14. The number of aromatic nitrogens is 5. The Bertz CT molecular complexity index is 886. The van der Waals surface area contributed by atoms with E-state index in [0.717, 1.165) is 0 Å². The lowest BCUT2D eigenvalue weighted by molar-refractivity contribution is -0.119. The number of nitrogens with one attached hydrogen (secondary N) is 1. The van der Waals surface area contributed by atoms with Crippen molar-refractivity contribution in [3.63, 3.8) is 0 Å². The summed E-state index contributed by atoms with van der Waals surface area (Å²) in [5, 5.41) is 7.06. The first-order chi connectivity index (χ1) is 12.1. The van der Waals surface area contributed by atoms with E-state index in [1.165, 1.54) is 35.9 Å². The van der Waals surface area contributed by atoms with Crippen molar-refractivity contribution in [2.45, 2.75) is 0 Å². The number of carbonyl (C=O) groups is 2. The molecule has 9 nitrogen and oxygen atoms in total. The number of amides is 1. The zero-order chi connectivity index (χ0) is 17.6. The number of carbonyl (C=O) groups excluding carboxylic acids is 2. The number of esters is 1. The van der Waals surface area contributed by atoms with Crippen molar-refractivity contribution in [1.82, 2.24) is 24.7 Å². The molecule has 0 aliphatic rings. The molecule has 0 radical (unpaired) electrons. The van der Waals surface area contributed by atoms with Gasteiger partial charge in [-0.05, 0) is 18.2 Å². The molecule has 0 fully saturated rings. The van der Waals surface area contributed by atoms with Gasteiger partial charge in [0.2, 0.25) is 0 Å². The summed E-state index contributed by atoms with van der Waals surface area (Å²) in [5.41, 5.74) is 0.982. The van der Waals surface area contributed by atoms with Gasteiger partial charge in [0, 0.05) is 17.4 Å². The Kier molecular flexibility index (Phi) is 4.95. The predicted octanol–water partition coefficient (Wildman–Crippen LogP) is 1.51. The van der Waals surface area contributed by atoms with Gasteiger partial charge in [0.1, 0.15) is 12.7 Å². The summed E-state index contributed by atoms with van der Waals surface area (Å²) >= 11 is 5.97. The second kappa shape index (κ2) is 7.49. The van der Waals surface area contributed by atoms with Crippen molar-refractivity contribution in [3.05, 3.63) is 60.2 Å². The summed E-state index contributed by atoms with van der Waals surface area (Å²) in [6, 6.07) is 4.89. The topological polar surface area (TPSA) is 112 Å². The molecule has 3 rings (SSSR count). The van der Waals surface area contributed by atoms with Crippen LogP contribution in [0.1, 0.15) is 10.5 Å². The Morgan fingerprint density at radius 1 is 1.24 bits per heavy atom. The molecular weight excluding hydrogens is 348 g/mol. The molecule has 126 valence electrons. The molecule has 2 aromatic heterocycles. The molecule has 0 saturated heterocycles. The van der Waals surface area contributed by atoms with Crippen molar-refractivity contribution in [2.24, 2.45) is 0 Å². The molecule has 1 aromatic carbocycles. The first-order valence-corrected chi connectivity index (χ1v) is 7.39. The van der Waals surface area contributed by atoms with E-state index in [4.69, 9.17) is 16.3 Å². The summed E-state index contributed by atoms with van der Waals surface area (Å²) in [6.07, 6.45) is 6.87. The molecular formula is C15H11ClN6O3. The normalized spacial score (nSPS) is 10.3. The number of hydrogen-bond donors (Lipinski definition) is 1. The van der Waals surface area contributed by atoms with Crippen molar-refractivity contribution in [2.75, 3.05) is 11.9 Å². The van der Waals surface area contributed by atoms with E-state index in [9.17, 15) is 9.59 Å². The fourth-order valence-electron chi connectivity index (χ4n) is 1.94. The zero-order valence-electron chi connectivity index (χ0n) is 12.7. The lowest BCUT2D eigenvalue weighted by atomic mass is 10.2. The number of ether oxygens (including phenoxy) is 1. The van der Waals surface area contributed by atoms with Gasteiger partial charge in [0.05, 0.1) is 17.6 Å². The van der Waals surface area contributed by atoms with Crippen molar-refractivity contribution in [1.29, 1.82) is 0 Å². The third-order valence-electron chi connectivity index (χ3n) is 3.00. The van der Waals surface area contributed by atoms with Gasteiger partial charge in [-0.15, -0.1) is 0 Å². The van der Waals surface area contributed by atoms with Crippen LogP contribution in [0, 0.1) is 0 Å². The molecule has 2 heterocycles. The minimum Gasteiger partial charge on any atom is -0.451 e. The molecule has 1 amide bonds. The Morgan fingerprint density at radius 2 is 2.12 bits per heavy atom. The summed E-state index contributed by atoms with van der Waals surface area (Å²) in [6.45, 7) is -0.487. The van der Waals surface area contributed by atoms with E-state index in [1.807, 2.05) is 0 Å². The Morgan fingerprint density at radius 3 is 2.84 bits per heavy atom. The molecule has 25 heavy (non-hydrogen) atoms. The largest absolute Gasteiger partial charge is 0.451 e. The van der Waals surface area contributed by atoms with Gasteiger partial charge in [-0.2, -0.15) is 5.10 Å². The Balaban J connectivity index is 1.67. The van der Waals surface area contributed by atoms with Gasteiger partial charge in [-0.3, -0.25) is 9.78 Å². The molecule has 0 spiro atoms. The zero-order valence-corrected chi connectivity index (χ0v) is 13.4. The fraction of sp³-hybridized carbons (Fsp3) is 0.0667. The SMILES string of the molecule is O=C(COC(=O)c1cnccn1)Nc1cc(Cl)ccc1-n1cncn1. The number of nitrogens with zero attached hydrogens (tertiary/aromatic N) is 5. The first-order valence-electron chi connectivity index (χ1n) is 7.01. The number of hydrogen-bond acceptors (Lipinski definition) is 7. The van der Waals surface area contributed by atoms with E-state index < -0.39 is 18.5 Å². The van der Waals surface area contributed by atoms with Crippen LogP contribution in [0.25, 0.3) is 5.69 Å². The maximum absolute atomic E-state index is 12.1. The third-order valence-corrected chi connectivity index (χ3v) is 3.24. The molecule has 10 heteroatoms. The minimum absolute atomic E-state index is 0.0151. The van der Waals surface area contributed by atoms with Crippen molar-refractivity contribution in [3.8, 4) is 5.69 Å². The highest BCUT2D eigenvalue weighted by molar-refractivity contribution is 6.31. The number of anilines is 1. The lowest BCUT2D eigenvalue weighted by Gasteiger charge is -2.11. The van der Waals surface area contributed by atoms with E-state index in [1.54, 1.807) is 18.2 Å². The highest BCUT2D eigenvalue weighted by atomic mass is 35.5. The summed E-state index contributed by atoms with van der Waals surface area (Å²) in [5.74, 6) is -1.29. The van der Waals surface area contributed by atoms with E-state index in [0.29, 0.717) is 16.4 Å². The fourth-order valence-corrected chi connectivity index (χ4v) is 2.11. The smallest absolute Gasteiger partial charge is 0.359 e. The van der Waals surface area contributed by atoms with Crippen LogP contribution in [0.2, 0.25) is 5.02 Å². The van der Waals surface area contributed by atoms with Crippen LogP contribution >= 0.6 is 11.6 Å². The molecule has 0 aliphatic carbocycles. The predicted molar refractivity (Wildman–Crippen MR) is 87.3 cm³/mol. The van der Waals surface area contributed by atoms with E-state index >= 15 is 0 Å². The maximum Gasteiger partial charge on any atom is 0.359 e. The minimum atomic E-state index is -0.745. The van der Waals surface area contributed by atoms with Crippen LogP contribution in [0.4, 0.5) is 5.69 Å². The second-order valence-corrected chi connectivity index (χ2v) is 5.15. The second-order valence-electron chi connectivity index (χ2n) is 4.72. The number of rotatable bonds is 5. The monoisotopic (exact) mass is 358 g/mol. The first kappa shape index (κ1) is 16.5. The number of halogens is 1. The van der Waals surface area contributed by atoms with Crippen LogP contribution in [-0.4, -0.2) is 43.2 Å². The Hall–Kier alpha value is -3.33. The van der Waals surface area contributed by atoms with Gasteiger partial charge >= 0.3 is 5.97 Å². The van der Waals surface area contributed by atoms with Gasteiger partial charge in [-0.25, -0.2) is 19.4 Å². The number of benzene rings is 1. The van der Waals surface area contributed by atoms with Gasteiger partial charge in [-0.1, -0.05) is 11.6 Å². The highest BCUT2D eigenvalue weighted by Crippen LogP contribution is 2.23. The quantitative estimate of drug-likeness (QED) is 0.688. The Labute approximate surface area is 146 Å². The molecule has 0 saturated carbocycles. The molecule has 1 N–H and O–H groups in total. The summed E-state index contributed by atoms with van der Waals surface area (Å²) in [4.78, 5) is 35.2.